The lowest BCUT2D eigenvalue weighted by Crippen LogP contribution is -2.34. The van der Waals surface area contributed by atoms with Crippen LogP contribution in [-0.4, -0.2) is 31.5 Å². The molecular weight excluding hydrogens is 304 g/mol. The van der Waals surface area contributed by atoms with Crippen molar-refractivity contribution in [1.29, 1.82) is 0 Å². The van der Waals surface area contributed by atoms with Gasteiger partial charge in [-0.05, 0) is 48.7 Å². The molecule has 6 nitrogen and oxygen atoms in total. The van der Waals surface area contributed by atoms with Crippen molar-refractivity contribution in [2.24, 2.45) is 0 Å². The summed E-state index contributed by atoms with van der Waals surface area (Å²) >= 11 is 0. The Labute approximate surface area is 137 Å². The molecule has 0 aliphatic carbocycles. The number of aromatic nitrogens is 4. The molecule has 6 heteroatoms. The molecule has 0 saturated carbocycles. The average molecular weight is 320 g/mol. The second-order valence-electron chi connectivity index (χ2n) is 6.28. The third kappa shape index (κ3) is 2.23. The van der Waals surface area contributed by atoms with Crippen molar-refractivity contribution in [1.82, 2.24) is 20.4 Å². The summed E-state index contributed by atoms with van der Waals surface area (Å²) in [5.74, 6) is -0.849. The first-order chi connectivity index (χ1) is 11.6. The molecule has 0 amide bonds. The Bertz CT molecular complexity index is 1050. The van der Waals surface area contributed by atoms with Gasteiger partial charge in [0.15, 0.2) is 0 Å². The highest BCUT2D eigenvalue weighted by molar-refractivity contribution is 5.86. The average Bonchev–Trinajstić information content (AvgIpc) is 3.22. The Morgan fingerprint density at radius 1 is 1.04 bits per heavy atom. The van der Waals surface area contributed by atoms with E-state index in [1.807, 2.05) is 36.4 Å². The number of carboxylic acids is 1. The zero-order chi connectivity index (χ0) is 16.7. The van der Waals surface area contributed by atoms with Crippen LogP contribution in [0.15, 0.2) is 48.8 Å². The quantitative estimate of drug-likeness (QED) is 0.538. The van der Waals surface area contributed by atoms with Crippen LogP contribution in [-0.2, 0) is 16.6 Å². The number of carboxylic acid groups (broad SMARTS) is 1. The van der Waals surface area contributed by atoms with E-state index < -0.39 is 11.4 Å². The SMILES string of the molecule is CC(Cc1ccc2[nH]ncc2c1)(C(=O)O)c1ccc2[nH]ncc2c1. The molecule has 4 aromatic rings. The van der Waals surface area contributed by atoms with Crippen LogP contribution in [0.2, 0.25) is 0 Å². The highest BCUT2D eigenvalue weighted by atomic mass is 16.4. The maximum atomic E-state index is 12.1. The van der Waals surface area contributed by atoms with Gasteiger partial charge in [-0.2, -0.15) is 10.2 Å². The molecule has 0 radical (unpaired) electrons. The lowest BCUT2D eigenvalue weighted by molar-refractivity contribution is -0.143. The summed E-state index contributed by atoms with van der Waals surface area (Å²) in [6, 6.07) is 11.5. The summed E-state index contributed by atoms with van der Waals surface area (Å²) in [6.45, 7) is 1.76. The maximum absolute atomic E-state index is 12.1. The van der Waals surface area contributed by atoms with Gasteiger partial charge >= 0.3 is 5.97 Å². The second-order valence-corrected chi connectivity index (χ2v) is 6.28. The molecular formula is C18H16N4O2. The lowest BCUT2D eigenvalue weighted by atomic mass is 9.77. The summed E-state index contributed by atoms with van der Waals surface area (Å²) in [6.07, 6.45) is 3.85. The molecule has 2 aromatic carbocycles. The second kappa shape index (κ2) is 5.19. The largest absolute Gasteiger partial charge is 0.481 e. The molecule has 0 fully saturated rings. The van der Waals surface area contributed by atoms with Crippen molar-refractivity contribution >= 4 is 27.8 Å². The topological polar surface area (TPSA) is 94.7 Å². The molecule has 120 valence electrons. The fourth-order valence-electron chi connectivity index (χ4n) is 3.10. The van der Waals surface area contributed by atoms with Gasteiger partial charge in [-0.1, -0.05) is 12.1 Å². The van der Waals surface area contributed by atoms with E-state index in [0.717, 1.165) is 32.9 Å². The van der Waals surface area contributed by atoms with E-state index in [4.69, 9.17) is 0 Å². The number of hydrogen-bond acceptors (Lipinski definition) is 3. The molecule has 0 saturated heterocycles. The molecule has 0 spiro atoms. The Morgan fingerprint density at radius 3 is 2.33 bits per heavy atom. The van der Waals surface area contributed by atoms with E-state index >= 15 is 0 Å². The molecule has 2 heterocycles. The first kappa shape index (κ1) is 14.4. The highest BCUT2D eigenvalue weighted by Crippen LogP contribution is 2.31. The predicted octanol–water partition coefficient (Wildman–Crippen LogP) is 3.02. The van der Waals surface area contributed by atoms with Crippen LogP contribution in [0.3, 0.4) is 0 Å². The zero-order valence-corrected chi connectivity index (χ0v) is 13.1. The molecule has 1 unspecified atom stereocenters. The third-order valence-corrected chi connectivity index (χ3v) is 4.61. The Kier molecular flexibility index (Phi) is 3.13. The van der Waals surface area contributed by atoms with Crippen LogP contribution < -0.4 is 0 Å². The minimum atomic E-state index is -1.02. The van der Waals surface area contributed by atoms with Gasteiger partial charge in [0.05, 0.1) is 28.8 Å². The van der Waals surface area contributed by atoms with Gasteiger partial charge in [0.25, 0.3) is 0 Å². The van der Waals surface area contributed by atoms with E-state index in [1.54, 1.807) is 19.3 Å². The number of rotatable bonds is 4. The minimum absolute atomic E-state index is 0.396. The van der Waals surface area contributed by atoms with Crippen LogP contribution >= 0.6 is 0 Å². The van der Waals surface area contributed by atoms with Crippen molar-refractivity contribution in [3.63, 3.8) is 0 Å². The number of nitrogens with one attached hydrogen (secondary N) is 2. The normalized spacial score (nSPS) is 14.0. The van der Waals surface area contributed by atoms with Gasteiger partial charge in [0, 0.05) is 10.8 Å². The molecule has 0 aliphatic rings. The number of fused-ring (bicyclic) bond motifs is 2. The monoisotopic (exact) mass is 320 g/mol. The van der Waals surface area contributed by atoms with Crippen molar-refractivity contribution < 1.29 is 9.90 Å². The number of aromatic amines is 2. The van der Waals surface area contributed by atoms with Crippen molar-refractivity contribution in [3.8, 4) is 0 Å². The summed E-state index contributed by atoms with van der Waals surface area (Å²) in [5, 5.41) is 25.6. The van der Waals surface area contributed by atoms with E-state index in [2.05, 4.69) is 20.4 Å². The van der Waals surface area contributed by atoms with Crippen LogP contribution in [0.4, 0.5) is 0 Å². The summed E-state index contributed by atoms with van der Waals surface area (Å²) < 4.78 is 0. The van der Waals surface area contributed by atoms with E-state index in [1.165, 1.54) is 0 Å². The van der Waals surface area contributed by atoms with Crippen LogP contribution in [0.25, 0.3) is 21.8 Å². The van der Waals surface area contributed by atoms with Gasteiger partial charge < -0.3 is 5.11 Å². The van der Waals surface area contributed by atoms with Gasteiger partial charge in [-0.3, -0.25) is 15.0 Å². The molecule has 1 atom stereocenters. The molecule has 4 rings (SSSR count). The zero-order valence-electron chi connectivity index (χ0n) is 13.1. The number of nitrogens with zero attached hydrogens (tertiary/aromatic N) is 2. The van der Waals surface area contributed by atoms with Crippen LogP contribution in [0.5, 0.6) is 0 Å². The Balaban J connectivity index is 1.77. The number of H-pyrrole nitrogens is 2. The lowest BCUT2D eigenvalue weighted by Gasteiger charge is -2.25. The summed E-state index contributed by atoms with van der Waals surface area (Å²) in [4.78, 5) is 12.1. The van der Waals surface area contributed by atoms with Gasteiger partial charge in [-0.15, -0.1) is 0 Å². The third-order valence-electron chi connectivity index (χ3n) is 4.61. The fraction of sp³-hybridized carbons (Fsp3) is 0.167. The molecule has 2 aromatic heterocycles. The summed E-state index contributed by atoms with van der Waals surface area (Å²) in [7, 11) is 0. The maximum Gasteiger partial charge on any atom is 0.314 e. The van der Waals surface area contributed by atoms with E-state index in [9.17, 15) is 9.90 Å². The van der Waals surface area contributed by atoms with Crippen molar-refractivity contribution in [2.45, 2.75) is 18.8 Å². The Hall–Kier alpha value is -3.15. The van der Waals surface area contributed by atoms with Gasteiger partial charge in [-0.25, -0.2) is 0 Å². The van der Waals surface area contributed by atoms with E-state index in [-0.39, 0.29) is 0 Å². The van der Waals surface area contributed by atoms with Gasteiger partial charge in [0.2, 0.25) is 0 Å². The van der Waals surface area contributed by atoms with Crippen LogP contribution in [0.1, 0.15) is 18.1 Å². The minimum Gasteiger partial charge on any atom is -0.481 e. The summed E-state index contributed by atoms with van der Waals surface area (Å²) in [5.41, 5.74) is 2.53. The Morgan fingerprint density at radius 2 is 1.67 bits per heavy atom. The molecule has 24 heavy (non-hydrogen) atoms. The van der Waals surface area contributed by atoms with Crippen LogP contribution in [0, 0.1) is 0 Å². The first-order valence-corrected chi connectivity index (χ1v) is 7.65. The molecule has 0 aliphatic heterocycles. The molecule has 3 N–H and O–H groups in total. The first-order valence-electron chi connectivity index (χ1n) is 7.65. The number of aliphatic carboxylic acids is 1. The standard InChI is InChI=1S/C18H16N4O2/c1-18(17(23)24,14-3-5-16-13(7-14)10-20-22-16)8-11-2-4-15-12(6-11)9-19-21-15/h2-7,9-10H,8H2,1H3,(H,19,21)(H,20,22)(H,23,24). The van der Waals surface area contributed by atoms with Gasteiger partial charge in [0.1, 0.15) is 0 Å². The highest BCUT2D eigenvalue weighted by Gasteiger charge is 2.35. The van der Waals surface area contributed by atoms with E-state index in [0.29, 0.717) is 6.42 Å². The number of carbonyl (C=O) groups is 1. The van der Waals surface area contributed by atoms with Crippen molar-refractivity contribution in [3.05, 3.63) is 59.9 Å². The number of benzene rings is 2. The van der Waals surface area contributed by atoms with Crippen molar-refractivity contribution in [2.75, 3.05) is 0 Å². The smallest absolute Gasteiger partial charge is 0.314 e. The fourth-order valence-corrected chi connectivity index (χ4v) is 3.10. The molecule has 0 bridgehead atoms. The number of hydrogen-bond donors (Lipinski definition) is 3. The predicted molar refractivity (Wildman–Crippen MR) is 90.9 cm³/mol.